The predicted molar refractivity (Wildman–Crippen MR) is 66.6 cm³/mol. The molecule has 0 saturated carbocycles. The van der Waals surface area contributed by atoms with Gasteiger partial charge in [0.1, 0.15) is 5.75 Å². The SMILES string of the molecule is Cc1ccc(OCCC(=O)NCCC(=O)O)cc1. The van der Waals surface area contributed by atoms with Gasteiger partial charge in [0.15, 0.2) is 0 Å². The first-order valence-corrected chi connectivity index (χ1v) is 5.76. The molecule has 0 bridgehead atoms. The van der Waals surface area contributed by atoms with Gasteiger partial charge in [0.25, 0.3) is 0 Å². The standard InChI is InChI=1S/C13H17NO4/c1-10-2-4-11(5-3-10)18-9-7-12(15)14-8-6-13(16)17/h2-5H,6-9H2,1H3,(H,14,15)(H,16,17). The van der Waals surface area contributed by atoms with E-state index in [9.17, 15) is 9.59 Å². The molecule has 0 heterocycles. The van der Waals surface area contributed by atoms with Gasteiger partial charge in [-0.15, -0.1) is 0 Å². The van der Waals surface area contributed by atoms with E-state index in [0.29, 0.717) is 0 Å². The van der Waals surface area contributed by atoms with Crippen LogP contribution < -0.4 is 10.1 Å². The minimum Gasteiger partial charge on any atom is -0.493 e. The number of rotatable bonds is 7. The lowest BCUT2D eigenvalue weighted by atomic mass is 10.2. The summed E-state index contributed by atoms with van der Waals surface area (Å²) < 4.78 is 5.38. The molecule has 0 fully saturated rings. The molecule has 1 amide bonds. The van der Waals surface area contributed by atoms with Gasteiger partial charge in [-0.3, -0.25) is 9.59 Å². The molecule has 0 aliphatic rings. The quantitative estimate of drug-likeness (QED) is 0.767. The average Bonchev–Trinajstić information content (AvgIpc) is 2.31. The highest BCUT2D eigenvalue weighted by atomic mass is 16.5. The van der Waals surface area contributed by atoms with Crippen molar-refractivity contribution < 1.29 is 19.4 Å². The normalized spacial score (nSPS) is 9.83. The van der Waals surface area contributed by atoms with Gasteiger partial charge < -0.3 is 15.2 Å². The third kappa shape index (κ3) is 5.89. The molecule has 18 heavy (non-hydrogen) atoms. The highest BCUT2D eigenvalue weighted by Crippen LogP contribution is 2.11. The van der Waals surface area contributed by atoms with Crippen LogP contribution in [0, 0.1) is 6.92 Å². The van der Waals surface area contributed by atoms with Crippen LogP contribution in [-0.4, -0.2) is 30.1 Å². The lowest BCUT2D eigenvalue weighted by Gasteiger charge is -2.06. The molecule has 5 heteroatoms. The lowest BCUT2D eigenvalue weighted by Crippen LogP contribution is -2.27. The summed E-state index contributed by atoms with van der Waals surface area (Å²) in [6.07, 6.45) is 0.151. The van der Waals surface area contributed by atoms with Gasteiger partial charge in [-0.25, -0.2) is 0 Å². The number of carbonyl (C=O) groups is 2. The van der Waals surface area contributed by atoms with E-state index in [1.165, 1.54) is 0 Å². The Labute approximate surface area is 106 Å². The number of benzene rings is 1. The first kappa shape index (κ1) is 14.0. The maximum absolute atomic E-state index is 11.3. The molecule has 0 spiro atoms. The molecule has 1 aromatic carbocycles. The van der Waals surface area contributed by atoms with Crippen LogP contribution in [0.15, 0.2) is 24.3 Å². The van der Waals surface area contributed by atoms with E-state index in [2.05, 4.69) is 5.32 Å². The van der Waals surface area contributed by atoms with Crippen molar-refractivity contribution in [3.05, 3.63) is 29.8 Å². The summed E-state index contributed by atoms with van der Waals surface area (Å²) in [7, 11) is 0. The minimum atomic E-state index is -0.925. The summed E-state index contributed by atoms with van der Waals surface area (Å²) in [5.41, 5.74) is 1.15. The van der Waals surface area contributed by atoms with Crippen LogP contribution in [0.4, 0.5) is 0 Å². The number of carbonyl (C=O) groups excluding carboxylic acids is 1. The van der Waals surface area contributed by atoms with Crippen LogP contribution in [0.2, 0.25) is 0 Å². The highest BCUT2D eigenvalue weighted by molar-refractivity contribution is 5.76. The molecule has 98 valence electrons. The molecule has 1 rings (SSSR count). The Hall–Kier alpha value is -2.04. The van der Waals surface area contributed by atoms with Crippen molar-refractivity contribution in [1.82, 2.24) is 5.32 Å². The second kappa shape index (κ2) is 7.32. The van der Waals surface area contributed by atoms with Crippen LogP contribution in [-0.2, 0) is 9.59 Å². The molecule has 0 saturated heterocycles. The van der Waals surface area contributed by atoms with Gasteiger partial charge in [-0.2, -0.15) is 0 Å². The second-order valence-corrected chi connectivity index (χ2v) is 3.91. The third-order valence-corrected chi connectivity index (χ3v) is 2.28. The van der Waals surface area contributed by atoms with Crippen molar-refractivity contribution in [2.45, 2.75) is 19.8 Å². The number of amides is 1. The molecular weight excluding hydrogens is 234 g/mol. The maximum atomic E-state index is 11.3. The number of nitrogens with one attached hydrogen (secondary N) is 1. The van der Waals surface area contributed by atoms with E-state index in [-0.39, 0.29) is 31.9 Å². The summed E-state index contributed by atoms with van der Waals surface area (Å²) in [4.78, 5) is 21.5. The van der Waals surface area contributed by atoms with Gasteiger partial charge in [0, 0.05) is 6.54 Å². The van der Waals surface area contributed by atoms with Crippen molar-refractivity contribution in [3.8, 4) is 5.75 Å². The lowest BCUT2D eigenvalue weighted by molar-refractivity contribution is -0.136. The molecule has 0 aliphatic carbocycles. The Morgan fingerprint density at radius 3 is 2.50 bits per heavy atom. The fourth-order valence-electron chi connectivity index (χ4n) is 1.29. The molecule has 0 aromatic heterocycles. The molecule has 0 atom stereocenters. The van der Waals surface area contributed by atoms with E-state index in [1.807, 2.05) is 31.2 Å². The van der Waals surface area contributed by atoms with Gasteiger partial charge >= 0.3 is 5.97 Å². The molecule has 5 nitrogen and oxygen atoms in total. The number of hydrogen-bond acceptors (Lipinski definition) is 3. The van der Waals surface area contributed by atoms with Crippen LogP contribution >= 0.6 is 0 Å². The fraction of sp³-hybridized carbons (Fsp3) is 0.385. The van der Waals surface area contributed by atoms with E-state index in [1.54, 1.807) is 0 Å². The largest absolute Gasteiger partial charge is 0.493 e. The summed E-state index contributed by atoms with van der Waals surface area (Å²) in [6, 6.07) is 7.56. The van der Waals surface area contributed by atoms with Crippen LogP contribution in [0.3, 0.4) is 0 Å². The van der Waals surface area contributed by atoms with Gasteiger partial charge in [0.05, 0.1) is 19.4 Å². The van der Waals surface area contributed by atoms with Crippen LogP contribution in [0.5, 0.6) is 5.75 Å². The van der Waals surface area contributed by atoms with Gasteiger partial charge in [-0.1, -0.05) is 17.7 Å². The Balaban J connectivity index is 2.15. The maximum Gasteiger partial charge on any atom is 0.305 e. The first-order chi connectivity index (χ1) is 8.58. The zero-order valence-corrected chi connectivity index (χ0v) is 10.3. The van der Waals surface area contributed by atoms with E-state index in [4.69, 9.17) is 9.84 Å². The topological polar surface area (TPSA) is 75.6 Å². The number of hydrogen-bond donors (Lipinski definition) is 2. The van der Waals surface area contributed by atoms with Crippen molar-refractivity contribution >= 4 is 11.9 Å². The van der Waals surface area contributed by atoms with Crippen molar-refractivity contribution in [3.63, 3.8) is 0 Å². The number of aryl methyl sites for hydroxylation is 1. The second-order valence-electron chi connectivity index (χ2n) is 3.91. The van der Waals surface area contributed by atoms with Crippen molar-refractivity contribution in [2.75, 3.05) is 13.2 Å². The van der Waals surface area contributed by atoms with E-state index in [0.717, 1.165) is 11.3 Å². The molecule has 1 aromatic rings. The highest BCUT2D eigenvalue weighted by Gasteiger charge is 2.03. The summed E-state index contributed by atoms with van der Waals surface area (Å²) in [6.45, 7) is 2.42. The summed E-state index contributed by atoms with van der Waals surface area (Å²) in [5, 5.41) is 10.9. The van der Waals surface area contributed by atoms with Crippen LogP contribution in [0.25, 0.3) is 0 Å². The van der Waals surface area contributed by atoms with Gasteiger partial charge in [0.2, 0.25) is 5.91 Å². The van der Waals surface area contributed by atoms with Crippen molar-refractivity contribution in [1.29, 1.82) is 0 Å². The third-order valence-electron chi connectivity index (χ3n) is 2.28. The van der Waals surface area contributed by atoms with Crippen LogP contribution in [0.1, 0.15) is 18.4 Å². The molecule has 0 unspecified atom stereocenters. The van der Waals surface area contributed by atoms with E-state index >= 15 is 0 Å². The molecule has 2 N–H and O–H groups in total. The Bertz CT molecular complexity index is 400. The molecular formula is C13H17NO4. The Morgan fingerprint density at radius 1 is 1.22 bits per heavy atom. The number of ether oxygens (including phenoxy) is 1. The fourth-order valence-corrected chi connectivity index (χ4v) is 1.29. The Kier molecular flexibility index (Phi) is 5.70. The number of carboxylic acid groups (broad SMARTS) is 1. The smallest absolute Gasteiger partial charge is 0.305 e. The molecule has 0 radical (unpaired) electrons. The summed E-state index contributed by atoms with van der Waals surface area (Å²) in [5.74, 6) is -0.409. The summed E-state index contributed by atoms with van der Waals surface area (Å²) >= 11 is 0. The molecule has 0 aliphatic heterocycles. The number of aliphatic carboxylic acids is 1. The minimum absolute atomic E-state index is 0.0649. The zero-order valence-electron chi connectivity index (χ0n) is 10.3. The zero-order chi connectivity index (χ0) is 13.4. The predicted octanol–water partition coefficient (Wildman–Crippen LogP) is 1.35. The Morgan fingerprint density at radius 2 is 1.89 bits per heavy atom. The van der Waals surface area contributed by atoms with Crippen molar-refractivity contribution in [2.24, 2.45) is 0 Å². The average molecular weight is 251 g/mol. The van der Waals surface area contributed by atoms with Gasteiger partial charge in [-0.05, 0) is 19.1 Å². The van der Waals surface area contributed by atoms with E-state index < -0.39 is 5.97 Å². The first-order valence-electron chi connectivity index (χ1n) is 5.76. The monoisotopic (exact) mass is 251 g/mol. The number of carboxylic acids is 1.